The summed E-state index contributed by atoms with van der Waals surface area (Å²) in [5.74, 6) is 0.416. The summed E-state index contributed by atoms with van der Waals surface area (Å²) in [6.07, 6.45) is 2.76. The molecule has 1 heterocycles. The number of anilines is 1. The van der Waals surface area contributed by atoms with E-state index in [4.69, 9.17) is 4.42 Å². The molecule has 1 aromatic carbocycles. The molecular weight excluding hydrogens is 352 g/mol. The summed E-state index contributed by atoms with van der Waals surface area (Å²) < 4.78 is 31.2. The fraction of sp³-hybridized carbons (Fsp3) is 0.421. The first kappa shape index (κ1) is 20.0. The van der Waals surface area contributed by atoms with Gasteiger partial charge in [0.2, 0.25) is 15.9 Å². The van der Waals surface area contributed by atoms with E-state index in [0.717, 1.165) is 11.8 Å². The number of benzene rings is 1. The molecule has 0 saturated heterocycles. The topological polar surface area (TPSA) is 79.6 Å². The highest BCUT2D eigenvalue weighted by atomic mass is 32.2. The minimum absolute atomic E-state index is 0.0618. The van der Waals surface area contributed by atoms with Crippen LogP contribution in [0.1, 0.15) is 38.5 Å². The van der Waals surface area contributed by atoms with Gasteiger partial charge in [-0.15, -0.1) is 0 Å². The summed E-state index contributed by atoms with van der Waals surface area (Å²) in [4.78, 5) is 12.1. The van der Waals surface area contributed by atoms with Crippen molar-refractivity contribution in [3.63, 3.8) is 0 Å². The summed E-state index contributed by atoms with van der Waals surface area (Å²) >= 11 is 0. The predicted molar refractivity (Wildman–Crippen MR) is 103 cm³/mol. The molecule has 0 bridgehead atoms. The molecule has 0 saturated carbocycles. The van der Waals surface area contributed by atoms with Crippen LogP contribution in [0.25, 0.3) is 0 Å². The third-order valence-corrected chi connectivity index (χ3v) is 5.14. The number of hydrogen-bond acceptors (Lipinski definition) is 4. The lowest BCUT2D eigenvalue weighted by atomic mass is 9.86. The van der Waals surface area contributed by atoms with Crippen LogP contribution in [-0.4, -0.2) is 27.1 Å². The summed E-state index contributed by atoms with van der Waals surface area (Å²) in [5.41, 5.74) is 1.31. The number of amides is 1. The first-order chi connectivity index (χ1) is 12.1. The van der Waals surface area contributed by atoms with Crippen LogP contribution in [0.2, 0.25) is 0 Å². The minimum atomic E-state index is -3.52. The Balaban J connectivity index is 2.13. The maximum Gasteiger partial charge on any atom is 0.232 e. The maximum atomic E-state index is 12.3. The van der Waals surface area contributed by atoms with Crippen molar-refractivity contribution >= 4 is 21.6 Å². The molecule has 142 valence electrons. The van der Waals surface area contributed by atoms with Crippen molar-refractivity contribution in [1.29, 1.82) is 0 Å². The summed E-state index contributed by atoms with van der Waals surface area (Å²) in [6.45, 7) is 6.45. The maximum absolute atomic E-state index is 12.3. The molecule has 6 nitrogen and oxygen atoms in total. The van der Waals surface area contributed by atoms with Crippen LogP contribution in [0.5, 0.6) is 0 Å². The number of sulfonamides is 1. The van der Waals surface area contributed by atoms with Crippen LogP contribution in [0.4, 0.5) is 5.69 Å². The number of nitrogens with one attached hydrogen (secondary N) is 1. The minimum Gasteiger partial charge on any atom is -0.467 e. The van der Waals surface area contributed by atoms with Crippen LogP contribution in [0, 0.1) is 0 Å². The Bertz CT molecular complexity index is 837. The van der Waals surface area contributed by atoms with E-state index in [1.165, 1.54) is 10.6 Å². The van der Waals surface area contributed by atoms with Gasteiger partial charge in [0, 0.05) is 13.0 Å². The van der Waals surface area contributed by atoms with Gasteiger partial charge >= 0.3 is 0 Å². The largest absolute Gasteiger partial charge is 0.467 e. The average Bonchev–Trinajstić information content (AvgIpc) is 3.05. The molecule has 0 spiro atoms. The van der Waals surface area contributed by atoms with Crippen molar-refractivity contribution in [2.75, 3.05) is 17.1 Å². The van der Waals surface area contributed by atoms with Crippen molar-refractivity contribution < 1.29 is 17.6 Å². The Morgan fingerprint density at radius 1 is 1.15 bits per heavy atom. The quantitative estimate of drug-likeness (QED) is 0.803. The van der Waals surface area contributed by atoms with E-state index < -0.39 is 10.0 Å². The van der Waals surface area contributed by atoms with E-state index in [1.807, 2.05) is 32.9 Å². The van der Waals surface area contributed by atoms with E-state index in [-0.39, 0.29) is 30.8 Å². The van der Waals surface area contributed by atoms with Crippen molar-refractivity contribution in [1.82, 2.24) is 5.32 Å². The second-order valence-electron chi connectivity index (χ2n) is 7.21. The molecule has 2 rings (SSSR count). The number of rotatable bonds is 7. The molecule has 1 amide bonds. The fourth-order valence-corrected chi connectivity index (χ4v) is 3.62. The van der Waals surface area contributed by atoms with Gasteiger partial charge in [-0.05, 0) is 29.2 Å². The highest BCUT2D eigenvalue weighted by Gasteiger charge is 2.25. The molecule has 0 fully saturated rings. The third-order valence-electron chi connectivity index (χ3n) is 3.96. The molecule has 0 aliphatic carbocycles. The Morgan fingerprint density at radius 2 is 1.85 bits per heavy atom. The van der Waals surface area contributed by atoms with Crippen LogP contribution in [-0.2, 0) is 26.8 Å². The van der Waals surface area contributed by atoms with Crippen molar-refractivity contribution in [2.45, 2.75) is 39.2 Å². The van der Waals surface area contributed by atoms with Gasteiger partial charge in [-0.3, -0.25) is 9.10 Å². The number of carbonyl (C=O) groups excluding carboxylic acids is 1. The summed E-state index contributed by atoms with van der Waals surface area (Å²) in [7, 11) is -3.52. The van der Waals surface area contributed by atoms with Crippen LogP contribution >= 0.6 is 0 Å². The van der Waals surface area contributed by atoms with Crippen LogP contribution in [0.3, 0.4) is 0 Å². The van der Waals surface area contributed by atoms with E-state index in [9.17, 15) is 13.2 Å². The molecular formula is C19H26N2O4S. The third kappa shape index (κ3) is 5.36. The zero-order valence-corrected chi connectivity index (χ0v) is 16.5. The Labute approximate surface area is 155 Å². The Kier molecular flexibility index (Phi) is 6.13. The van der Waals surface area contributed by atoms with Crippen molar-refractivity contribution in [2.24, 2.45) is 0 Å². The number of carbonyl (C=O) groups is 1. The molecule has 0 unspecified atom stereocenters. The highest BCUT2D eigenvalue weighted by Crippen LogP contribution is 2.33. The zero-order chi connectivity index (χ0) is 19.4. The summed E-state index contributed by atoms with van der Waals surface area (Å²) in [6, 6.07) is 10.9. The van der Waals surface area contributed by atoms with E-state index >= 15 is 0 Å². The van der Waals surface area contributed by atoms with Gasteiger partial charge in [0.15, 0.2) is 0 Å². The molecule has 7 heteroatoms. The molecule has 2 aromatic rings. The van der Waals surface area contributed by atoms with E-state index in [2.05, 4.69) is 5.32 Å². The van der Waals surface area contributed by atoms with Gasteiger partial charge in [-0.1, -0.05) is 39.0 Å². The zero-order valence-electron chi connectivity index (χ0n) is 15.7. The van der Waals surface area contributed by atoms with Gasteiger partial charge in [0.05, 0.1) is 24.8 Å². The molecule has 0 atom stereocenters. The first-order valence-corrected chi connectivity index (χ1v) is 10.3. The van der Waals surface area contributed by atoms with Crippen molar-refractivity contribution in [3.05, 3.63) is 54.0 Å². The highest BCUT2D eigenvalue weighted by molar-refractivity contribution is 7.92. The van der Waals surface area contributed by atoms with Gasteiger partial charge in [-0.25, -0.2) is 8.42 Å². The monoisotopic (exact) mass is 378 g/mol. The Morgan fingerprint density at radius 3 is 2.42 bits per heavy atom. The van der Waals surface area contributed by atoms with E-state index in [1.54, 1.807) is 24.3 Å². The normalized spacial score (nSPS) is 12.0. The second kappa shape index (κ2) is 7.95. The first-order valence-electron chi connectivity index (χ1n) is 8.45. The smallest absolute Gasteiger partial charge is 0.232 e. The van der Waals surface area contributed by atoms with Crippen LogP contribution in [0.15, 0.2) is 47.1 Å². The molecule has 1 aromatic heterocycles. The van der Waals surface area contributed by atoms with Crippen LogP contribution < -0.4 is 9.62 Å². The fourth-order valence-electron chi connectivity index (χ4n) is 2.68. The van der Waals surface area contributed by atoms with Gasteiger partial charge in [0.1, 0.15) is 5.76 Å². The molecule has 0 aliphatic rings. The number of nitrogens with zero attached hydrogens (tertiary/aromatic N) is 1. The number of para-hydroxylation sites is 1. The van der Waals surface area contributed by atoms with E-state index in [0.29, 0.717) is 11.4 Å². The Hall–Kier alpha value is -2.28. The van der Waals surface area contributed by atoms with Gasteiger partial charge in [0.25, 0.3) is 0 Å². The molecule has 0 radical (unpaired) electrons. The van der Waals surface area contributed by atoms with Crippen molar-refractivity contribution in [3.8, 4) is 0 Å². The number of hydrogen-bond donors (Lipinski definition) is 1. The lowest BCUT2D eigenvalue weighted by Gasteiger charge is -2.29. The molecule has 26 heavy (non-hydrogen) atoms. The second-order valence-corrected chi connectivity index (χ2v) is 9.12. The van der Waals surface area contributed by atoms with Gasteiger partial charge in [-0.2, -0.15) is 0 Å². The summed E-state index contributed by atoms with van der Waals surface area (Å²) in [5, 5.41) is 2.73. The molecule has 1 N–H and O–H groups in total. The average molecular weight is 378 g/mol. The standard InChI is InChI=1S/C19H26N2O4S/c1-19(2,3)16-9-5-6-10-17(16)21(26(4,23)24)12-11-18(22)20-14-15-8-7-13-25-15/h5-10,13H,11-12,14H2,1-4H3,(H,20,22). The SMILES string of the molecule is CC(C)(C)c1ccccc1N(CCC(=O)NCc1ccco1)S(C)(=O)=O. The molecule has 0 aliphatic heterocycles. The predicted octanol–water partition coefficient (Wildman–Crippen LogP) is 3.05. The lowest BCUT2D eigenvalue weighted by molar-refractivity contribution is -0.121. The lowest BCUT2D eigenvalue weighted by Crippen LogP contribution is -2.36. The van der Waals surface area contributed by atoms with Gasteiger partial charge < -0.3 is 9.73 Å². The number of furan rings is 1.